The van der Waals surface area contributed by atoms with Crippen LogP contribution in [0.1, 0.15) is 18.0 Å². The van der Waals surface area contributed by atoms with E-state index < -0.39 is 35.3 Å². The van der Waals surface area contributed by atoms with Gasteiger partial charge < -0.3 is 9.84 Å². The van der Waals surface area contributed by atoms with Crippen molar-refractivity contribution >= 4 is 41.3 Å². The molecule has 2 fully saturated rings. The van der Waals surface area contributed by atoms with Crippen LogP contribution in [0.3, 0.4) is 0 Å². The number of nitrogens with one attached hydrogen (secondary N) is 1. The molecule has 0 spiro atoms. The second-order valence-electron chi connectivity index (χ2n) is 9.62. The van der Waals surface area contributed by atoms with Gasteiger partial charge in [-0.3, -0.25) is 24.6 Å². The third-order valence-corrected chi connectivity index (χ3v) is 8.98. The highest BCUT2D eigenvalue weighted by atomic mass is 32.2. The van der Waals surface area contributed by atoms with E-state index in [4.69, 9.17) is 4.74 Å². The molecule has 202 valence electrons. The number of carbonyl (C=O) groups excluding carboxylic acids is 2. The SMILES string of the molecule is CSCCC1(C(=O)O)NC(c2ccc(Oc3ccccc3)cc2)C2C(=O)N(CCSc3ccccc3)C(=O)C21. The largest absolute Gasteiger partial charge is 0.480 e. The molecular formula is C30H30N2O5S2. The molecule has 2 saturated heterocycles. The van der Waals surface area contributed by atoms with Crippen LogP contribution in [0.2, 0.25) is 0 Å². The van der Waals surface area contributed by atoms with E-state index in [-0.39, 0.29) is 18.9 Å². The maximum atomic E-state index is 13.7. The number of likely N-dealkylation sites (tertiary alicyclic amines) is 1. The Hall–Kier alpha value is -3.27. The fourth-order valence-corrected chi connectivity index (χ4v) is 6.89. The summed E-state index contributed by atoms with van der Waals surface area (Å²) in [5.41, 5.74) is -0.773. The number of benzene rings is 3. The normalized spacial score (nSPS) is 24.1. The van der Waals surface area contributed by atoms with Crippen molar-refractivity contribution in [3.63, 3.8) is 0 Å². The predicted octanol–water partition coefficient (Wildman–Crippen LogP) is 5.09. The zero-order valence-electron chi connectivity index (χ0n) is 21.5. The van der Waals surface area contributed by atoms with Crippen molar-refractivity contribution in [2.45, 2.75) is 22.9 Å². The van der Waals surface area contributed by atoms with Gasteiger partial charge in [-0.15, -0.1) is 11.8 Å². The van der Waals surface area contributed by atoms with E-state index in [0.717, 1.165) is 10.5 Å². The zero-order chi connectivity index (χ0) is 27.4. The molecule has 0 aliphatic carbocycles. The first kappa shape index (κ1) is 27.3. The highest BCUT2D eigenvalue weighted by Gasteiger charge is 2.68. The molecule has 0 radical (unpaired) electrons. The van der Waals surface area contributed by atoms with E-state index >= 15 is 0 Å². The summed E-state index contributed by atoms with van der Waals surface area (Å²) in [5, 5.41) is 13.7. The molecule has 39 heavy (non-hydrogen) atoms. The number of ether oxygens (including phenoxy) is 1. The van der Waals surface area contributed by atoms with E-state index in [1.807, 2.05) is 79.1 Å². The summed E-state index contributed by atoms with van der Waals surface area (Å²) in [4.78, 5) is 42.6. The second-order valence-corrected chi connectivity index (χ2v) is 11.8. The number of para-hydroxylation sites is 1. The lowest BCUT2D eigenvalue weighted by Crippen LogP contribution is -2.56. The van der Waals surface area contributed by atoms with Crippen molar-refractivity contribution in [3.8, 4) is 11.5 Å². The quantitative estimate of drug-likeness (QED) is 0.246. The zero-order valence-corrected chi connectivity index (χ0v) is 23.1. The summed E-state index contributed by atoms with van der Waals surface area (Å²) >= 11 is 3.08. The molecule has 7 nitrogen and oxygen atoms in total. The van der Waals surface area contributed by atoms with Crippen LogP contribution in [-0.2, 0) is 14.4 Å². The summed E-state index contributed by atoms with van der Waals surface area (Å²) in [7, 11) is 0. The number of nitrogens with zero attached hydrogens (tertiary/aromatic N) is 1. The fourth-order valence-electron chi connectivity index (χ4n) is 5.50. The lowest BCUT2D eigenvalue weighted by Gasteiger charge is -2.31. The third kappa shape index (κ3) is 5.44. The first-order chi connectivity index (χ1) is 18.9. The molecule has 4 atom stereocenters. The van der Waals surface area contributed by atoms with Crippen LogP contribution in [0.15, 0.2) is 89.8 Å². The van der Waals surface area contributed by atoms with Crippen molar-refractivity contribution in [2.75, 3.05) is 24.3 Å². The fraction of sp³-hybridized carbons (Fsp3) is 0.300. The highest BCUT2D eigenvalue weighted by Crippen LogP contribution is 2.50. The van der Waals surface area contributed by atoms with Crippen LogP contribution >= 0.6 is 23.5 Å². The van der Waals surface area contributed by atoms with Gasteiger partial charge in [-0.2, -0.15) is 11.8 Å². The van der Waals surface area contributed by atoms with Gasteiger partial charge in [0, 0.05) is 23.2 Å². The van der Waals surface area contributed by atoms with Gasteiger partial charge in [0.2, 0.25) is 11.8 Å². The van der Waals surface area contributed by atoms with Gasteiger partial charge >= 0.3 is 5.97 Å². The van der Waals surface area contributed by atoms with Crippen molar-refractivity contribution in [1.29, 1.82) is 0 Å². The monoisotopic (exact) mass is 562 g/mol. The molecule has 2 aliphatic rings. The van der Waals surface area contributed by atoms with Crippen molar-refractivity contribution in [1.82, 2.24) is 10.2 Å². The minimum atomic E-state index is -1.52. The number of hydrogen-bond donors (Lipinski definition) is 2. The van der Waals surface area contributed by atoms with Crippen LogP contribution < -0.4 is 10.1 Å². The van der Waals surface area contributed by atoms with Crippen molar-refractivity contribution in [2.24, 2.45) is 11.8 Å². The van der Waals surface area contributed by atoms with E-state index in [2.05, 4.69) is 5.32 Å². The molecule has 2 amide bonds. The number of thioether (sulfide) groups is 2. The minimum Gasteiger partial charge on any atom is -0.480 e. The Kier molecular flexibility index (Phi) is 8.30. The van der Waals surface area contributed by atoms with Gasteiger partial charge in [-0.1, -0.05) is 48.5 Å². The topological polar surface area (TPSA) is 95.9 Å². The van der Waals surface area contributed by atoms with Crippen molar-refractivity contribution < 1.29 is 24.2 Å². The number of carboxylic acids is 1. The van der Waals surface area contributed by atoms with Crippen LogP contribution in [0, 0.1) is 11.8 Å². The Morgan fingerprint density at radius 3 is 2.21 bits per heavy atom. The molecule has 9 heteroatoms. The standard InChI is InChI=1S/C30H30N2O5S2/c1-38-18-16-30(29(35)36)25-24(27(33)32(28(25)34)17-19-39-23-10-6-3-7-11-23)26(31-30)20-12-14-22(15-13-20)37-21-8-4-2-5-9-21/h2-15,24-26,31H,16-19H2,1H3,(H,35,36). The number of aliphatic carboxylic acids is 1. The number of amides is 2. The lowest BCUT2D eigenvalue weighted by molar-refractivity contribution is -0.151. The van der Waals surface area contributed by atoms with Gasteiger partial charge in [-0.05, 0) is 60.4 Å². The number of carbonyl (C=O) groups is 3. The van der Waals surface area contributed by atoms with E-state index in [9.17, 15) is 19.5 Å². The molecule has 4 unspecified atom stereocenters. The third-order valence-electron chi connectivity index (χ3n) is 7.37. The molecule has 2 aliphatic heterocycles. The van der Waals surface area contributed by atoms with Gasteiger partial charge in [0.1, 0.15) is 17.0 Å². The number of hydrogen-bond acceptors (Lipinski definition) is 7. The molecule has 0 aromatic heterocycles. The molecular weight excluding hydrogens is 532 g/mol. The Balaban J connectivity index is 1.41. The molecule has 0 bridgehead atoms. The van der Waals surface area contributed by atoms with Crippen molar-refractivity contribution in [3.05, 3.63) is 90.5 Å². The van der Waals surface area contributed by atoms with E-state index in [1.54, 1.807) is 23.9 Å². The first-order valence-electron chi connectivity index (χ1n) is 12.8. The van der Waals surface area contributed by atoms with Crippen LogP contribution in [0.25, 0.3) is 0 Å². The van der Waals surface area contributed by atoms with Gasteiger partial charge in [-0.25, -0.2) is 0 Å². The second kappa shape index (κ2) is 11.9. The molecule has 5 rings (SSSR count). The maximum absolute atomic E-state index is 13.7. The summed E-state index contributed by atoms with van der Waals surface area (Å²) in [5.74, 6) is -1.17. The maximum Gasteiger partial charge on any atom is 0.324 e. The average Bonchev–Trinajstić information content (AvgIpc) is 3.43. The van der Waals surface area contributed by atoms with Crippen LogP contribution in [0.4, 0.5) is 0 Å². The van der Waals surface area contributed by atoms with E-state index in [0.29, 0.717) is 23.0 Å². The Morgan fingerprint density at radius 1 is 0.923 bits per heavy atom. The molecule has 2 N–H and O–H groups in total. The number of rotatable bonds is 11. The molecule has 3 aromatic carbocycles. The first-order valence-corrected chi connectivity index (χ1v) is 15.2. The molecule has 0 saturated carbocycles. The number of carboxylic acid groups (broad SMARTS) is 1. The molecule has 3 aromatic rings. The average molecular weight is 563 g/mol. The lowest BCUT2D eigenvalue weighted by atomic mass is 9.78. The Bertz CT molecular complexity index is 1320. The Morgan fingerprint density at radius 2 is 1.56 bits per heavy atom. The van der Waals surface area contributed by atoms with E-state index in [1.165, 1.54) is 16.7 Å². The summed E-state index contributed by atoms with van der Waals surface area (Å²) in [6, 6.07) is 25.9. The smallest absolute Gasteiger partial charge is 0.324 e. The summed E-state index contributed by atoms with van der Waals surface area (Å²) in [6.45, 7) is 0.235. The summed E-state index contributed by atoms with van der Waals surface area (Å²) in [6.07, 6.45) is 2.14. The van der Waals surface area contributed by atoms with Crippen LogP contribution in [0.5, 0.6) is 11.5 Å². The van der Waals surface area contributed by atoms with Gasteiger partial charge in [0.15, 0.2) is 0 Å². The molecule has 2 heterocycles. The summed E-state index contributed by atoms with van der Waals surface area (Å²) < 4.78 is 5.90. The van der Waals surface area contributed by atoms with Crippen LogP contribution in [-0.4, -0.2) is 57.6 Å². The van der Waals surface area contributed by atoms with Gasteiger partial charge in [0.05, 0.1) is 11.8 Å². The van der Waals surface area contributed by atoms with Gasteiger partial charge in [0.25, 0.3) is 0 Å². The Labute approximate surface area is 236 Å². The predicted molar refractivity (Wildman–Crippen MR) is 153 cm³/mol. The number of fused-ring (bicyclic) bond motifs is 1. The number of imide groups is 1. The highest BCUT2D eigenvalue weighted by molar-refractivity contribution is 7.99. The minimum absolute atomic E-state index is 0.235.